The lowest BCUT2D eigenvalue weighted by molar-refractivity contribution is -0.132. The quantitative estimate of drug-likeness (QED) is 0.554. The maximum absolute atomic E-state index is 13.5. The van der Waals surface area contributed by atoms with E-state index < -0.39 is 11.5 Å². The maximum atomic E-state index is 13.5. The molecule has 2 heterocycles. The van der Waals surface area contributed by atoms with Crippen LogP contribution in [-0.2, 0) is 16.9 Å². The van der Waals surface area contributed by atoms with Crippen molar-refractivity contribution in [3.05, 3.63) is 108 Å². The lowest BCUT2D eigenvalue weighted by Crippen LogP contribution is -2.41. The van der Waals surface area contributed by atoms with Crippen LogP contribution in [0.4, 0.5) is 5.69 Å². The highest BCUT2D eigenvalue weighted by Crippen LogP contribution is 2.45. The molecule has 0 fully saturated rings. The third-order valence-corrected chi connectivity index (χ3v) is 5.55. The highest BCUT2D eigenvalue weighted by atomic mass is 16.4. The molecule has 1 aliphatic heterocycles. The number of nitrogens with zero attached hydrogens (tertiary/aromatic N) is 2. The lowest BCUT2D eigenvalue weighted by Gasteiger charge is -2.23. The van der Waals surface area contributed by atoms with E-state index in [2.05, 4.69) is 4.98 Å². The molecule has 4 aromatic rings. The van der Waals surface area contributed by atoms with E-state index in [0.29, 0.717) is 34.2 Å². The van der Waals surface area contributed by atoms with E-state index in [1.807, 2.05) is 73.7 Å². The van der Waals surface area contributed by atoms with Crippen LogP contribution in [0.2, 0.25) is 0 Å². The van der Waals surface area contributed by atoms with E-state index in [9.17, 15) is 9.90 Å². The Morgan fingerprint density at radius 3 is 2.30 bits per heavy atom. The van der Waals surface area contributed by atoms with Gasteiger partial charge in [0.05, 0.1) is 12.2 Å². The van der Waals surface area contributed by atoms with E-state index in [1.165, 1.54) is 0 Å². The van der Waals surface area contributed by atoms with Crippen molar-refractivity contribution in [1.29, 1.82) is 0 Å². The molecule has 0 saturated carbocycles. The number of anilines is 1. The van der Waals surface area contributed by atoms with E-state index >= 15 is 0 Å². The predicted octanol–water partition coefficient (Wildman–Crippen LogP) is 4.43. The van der Waals surface area contributed by atoms with Crippen LogP contribution >= 0.6 is 0 Å². The van der Waals surface area contributed by atoms with E-state index in [0.717, 1.165) is 5.56 Å². The molecule has 1 N–H and O–H groups in total. The fraction of sp³-hybridized carbons (Fsp3) is 0.120. The summed E-state index contributed by atoms with van der Waals surface area (Å²) in [5.41, 5.74) is 1.61. The largest absolute Gasteiger partial charge is 0.441 e. The van der Waals surface area contributed by atoms with Crippen LogP contribution < -0.4 is 4.90 Å². The zero-order valence-corrected chi connectivity index (χ0v) is 16.4. The van der Waals surface area contributed by atoms with Crippen molar-refractivity contribution < 1.29 is 14.3 Å². The minimum Gasteiger partial charge on any atom is -0.441 e. The Kier molecular flexibility index (Phi) is 4.26. The molecule has 148 valence electrons. The lowest BCUT2D eigenvalue weighted by atomic mass is 9.88. The van der Waals surface area contributed by atoms with Gasteiger partial charge in [-0.3, -0.25) is 4.79 Å². The first kappa shape index (κ1) is 18.3. The summed E-state index contributed by atoms with van der Waals surface area (Å²) in [5.74, 6) is 0.772. The molecule has 0 bridgehead atoms. The number of aromatic nitrogens is 1. The standard InChI is InChI=1S/C25H20N2O3/c1-17-21(26-23(30-17)18-10-4-2-5-11-18)16-27-22-15-9-8-14-20(22)25(29,24(27)28)19-12-6-3-7-13-19/h2-15,29H,16H2,1H3/t25-/m1/s1. The summed E-state index contributed by atoms with van der Waals surface area (Å²) in [7, 11) is 0. The fourth-order valence-electron chi connectivity index (χ4n) is 3.98. The van der Waals surface area contributed by atoms with Gasteiger partial charge >= 0.3 is 0 Å². The molecule has 5 nitrogen and oxygen atoms in total. The Hall–Kier alpha value is -3.70. The van der Waals surface area contributed by atoms with Crippen LogP contribution in [0.5, 0.6) is 0 Å². The zero-order chi connectivity index (χ0) is 20.7. The molecule has 1 aliphatic rings. The summed E-state index contributed by atoms with van der Waals surface area (Å²) in [6, 6.07) is 26.0. The summed E-state index contributed by atoms with van der Waals surface area (Å²) < 4.78 is 5.86. The maximum Gasteiger partial charge on any atom is 0.268 e. The molecule has 5 heteroatoms. The van der Waals surface area contributed by atoms with Crippen molar-refractivity contribution in [1.82, 2.24) is 4.98 Å². The van der Waals surface area contributed by atoms with Crippen LogP contribution in [0.3, 0.4) is 0 Å². The zero-order valence-electron chi connectivity index (χ0n) is 16.4. The second-order valence-electron chi connectivity index (χ2n) is 7.37. The Morgan fingerprint density at radius 2 is 1.57 bits per heavy atom. The van der Waals surface area contributed by atoms with Gasteiger partial charge in [-0.15, -0.1) is 0 Å². The minimum absolute atomic E-state index is 0.215. The third kappa shape index (κ3) is 2.75. The number of carbonyl (C=O) groups excluding carboxylic acids is 1. The molecule has 0 saturated heterocycles. The average Bonchev–Trinajstić information content (AvgIpc) is 3.27. The van der Waals surface area contributed by atoms with Crippen LogP contribution in [0.1, 0.15) is 22.6 Å². The normalized spacial score (nSPS) is 17.9. The molecule has 5 rings (SSSR count). The van der Waals surface area contributed by atoms with Gasteiger partial charge in [-0.25, -0.2) is 4.98 Å². The van der Waals surface area contributed by atoms with Gasteiger partial charge in [-0.1, -0.05) is 66.7 Å². The van der Waals surface area contributed by atoms with Gasteiger partial charge in [-0.05, 0) is 30.7 Å². The van der Waals surface area contributed by atoms with Gasteiger partial charge in [0.2, 0.25) is 5.89 Å². The van der Waals surface area contributed by atoms with Gasteiger partial charge in [0.25, 0.3) is 5.91 Å². The summed E-state index contributed by atoms with van der Waals surface area (Å²) in [4.78, 5) is 19.7. The molecular weight excluding hydrogens is 376 g/mol. The van der Waals surface area contributed by atoms with Crippen molar-refractivity contribution in [2.45, 2.75) is 19.1 Å². The number of benzene rings is 3. The molecule has 0 unspecified atom stereocenters. The SMILES string of the molecule is Cc1oc(-c2ccccc2)nc1CN1C(=O)[C@@](O)(c2ccccc2)c2ccccc21. The van der Waals surface area contributed by atoms with E-state index in [-0.39, 0.29) is 6.54 Å². The van der Waals surface area contributed by atoms with Gasteiger partial charge in [0, 0.05) is 11.1 Å². The summed E-state index contributed by atoms with van der Waals surface area (Å²) in [5, 5.41) is 11.5. The van der Waals surface area contributed by atoms with Crippen LogP contribution in [0, 0.1) is 6.92 Å². The van der Waals surface area contributed by atoms with E-state index in [1.54, 1.807) is 23.1 Å². The highest BCUT2D eigenvalue weighted by Gasteiger charge is 2.51. The average molecular weight is 396 g/mol. The third-order valence-electron chi connectivity index (χ3n) is 5.55. The van der Waals surface area contributed by atoms with Crippen molar-refractivity contribution in [3.63, 3.8) is 0 Å². The first-order chi connectivity index (χ1) is 14.6. The van der Waals surface area contributed by atoms with Crippen molar-refractivity contribution in [2.75, 3.05) is 4.90 Å². The molecule has 0 radical (unpaired) electrons. The van der Waals surface area contributed by atoms with Gasteiger partial charge in [-0.2, -0.15) is 0 Å². The number of carbonyl (C=O) groups is 1. The first-order valence-electron chi connectivity index (χ1n) is 9.80. The smallest absolute Gasteiger partial charge is 0.268 e. The van der Waals surface area contributed by atoms with E-state index in [4.69, 9.17) is 4.42 Å². The number of aryl methyl sites for hydroxylation is 1. The molecule has 0 spiro atoms. The number of rotatable bonds is 4. The molecule has 1 atom stereocenters. The Bertz CT molecular complexity index is 1220. The molecule has 1 amide bonds. The molecule has 30 heavy (non-hydrogen) atoms. The number of oxazole rings is 1. The van der Waals surface area contributed by atoms with Crippen LogP contribution in [-0.4, -0.2) is 16.0 Å². The van der Waals surface area contributed by atoms with Gasteiger partial charge < -0.3 is 14.4 Å². The summed E-state index contributed by atoms with van der Waals surface area (Å²) >= 11 is 0. The van der Waals surface area contributed by atoms with Gasteiger partial charge in [0.15, 0.2) is 5.60 Å². The number of para-hydroxylation sites is 1. The number of fused-ring (bicyclic) bond motifs is 1. The minimum atomic E-state index is -1.72. The molecule has 0 aliphatic carbocycles. The summed E-state index contributed by atoms with van der Waals surface area (Å²) in [6.07, 6.45) is 0. The van der Waals surface area contributed by atoms with Crippen LogP contribution in [0.25, 0.3) is 11.5 Å². The number of hydrogen-bond acceptors (Lipinski definition) is 4. The second kappa shape index (κ2) is 6.97. The fourth-order valence-corrected chi connectivity index (χ4v) is 3.98. The Morgan fingerprint density at radius 1 is 0.933 bits per heavy atom. The van der Waals surface area contributed by atoms with Crippen molar-refractivity contribution in [3.8, 4) is 11.5 Å². The predicted molar refractivity (Wildman–Crippen MR) is 114 cm³/mol. The topological polar surface area (TPSA) is 66.6 Å². The van der Waals surface area contributed by atoms with Crippen molar-refractivity contribution in [2.24, 2.45) is 0 Å². The monoisotopic (exact) mass is 396 g/mol. The number of aliphatic hydroxyl groups is 1. The molecule has 3 aromatic carbocycles. The molecular formula is C25H20N2O3. The Labute approximate surface area is 174 Å². The van der Waals surface area contributed by atoms with Crippen LogP contribution in [0.15, 0.2) is 89.3 Å². The first-order valence-corrected chi connectivity index (χ1v) is 9.80. The van der Waals surface area contributed by atoms with Gasteiger partial charge in [0.1, 0.15) is 11.5 Å². The summed E-state index contributed by atoms with van der Waals surface area (Å²) in [6.45, 7) is 2.05. The Balaban J connectivity index is 1.55. The number of amides is 1. The highest BCUT2D eigenvalue weighted by molar-refractivity contribution is 6.09. The molecule has 1 aromatic heterocycles. The van der Waals surface area contributed by atoms with Crippen molar-refractivity contribution >= 4 is 11.6 Å². The number of hydrogen-bond donors (Lipinski definition) is 1. The second-order valence-corrected chi connectivity index (χ2v) is 7.37.